The highest BCUT2D eigenvalue weighted by Crippen LogP contribution is 2.22. The number of carbonyl (C=O) groups is 1. The second-order valence-corrected chi connectivity index (χ2v) is 4.30. The Morgan fingerprint density at radius 2 is 2.00 bits per heavy atom. The van der Waals surface area contributed by atoms with Crippen molar-refractivity contribution in [3.63, 3.8) is 0 Å². The lowest BCUT2D eigenvalue weighted by atomic mass is 10.1. The minimum absolute atomic E-state index is 0.345. The molecule has 0 bridgehead atoms. The van der Waals surface area contributed by atoms with Gasteiger partial charge in [-0.15, -0.1) is 0 Å². The SMILES string of the molecule is Cc1cc(Br)cc2c(=O)oc(C(=O)O)cc12. The maximum Gasteiger partial charge on any atom is 0.371 e. The van der Waals surface area contributed by atoms with Gasteiger partial charge < -0.3 is 9.52 Å². The summed E-state index contributed by atoms with van der Waals surface area (Å²) >= 11 is 3.27. The maximum absolute atomic E-state index is 11.6. The zero-order chi connectivity index (χ0) is 11.9. The average Bonchev–Trinajstić information content (AvgIpc) is 2.19. The summed E-state index contributed by atoms with van der Waals surface area (Å²) in [5, 5.41) is 9.74. The minimum atomic E-state index is -1.25. The first-order valence-corrected chi connectivity index (χ1v) is 5.25. The van der Waals surface area contributed by atoms with Gasteiger partial charge >= 0.3 is 11.6 Å². The lowest BCUT2D eigenvalue weighted by molar-refractivity contribution is 0.0658. The second kappa shape index (κ2) is 3.75. The van der Waals surface area contributed by atoms with Gasteiger partial charge in [-0.3, -0.25) is 0 Å². The first kappa shape index (κ1) is 10.9. The summed E-state index contributed by atoms with van der Waals surface area (Å²) in [6, 6.07) is 4.79. The largest absolute Gasteiger partial charge is 0.475 e. The van der Waals surface area contributed by atoms with Gasteiger partial charge in [-0.1, -0.05) is 15.9 Å². The summed E-state index contributed by atoms with van der Waals surface area (Å²) < 4.78 is 5.44. The third kappa shape index (κ3) is 1.74. The van der Waals surface area contributed by atoms with Crippen LogP contribution in [0.4, 0.5) is 0 Å². The van der Waals surface area contributed by atoms with Crippen LogP contribution < -0.4 is 5.63 Å². The van der Waals surface area contributed by atoms with Crippen LogP contribution in [-0.4, -0.2) is 11.1 Å². The number of halogens is 1. The zero-order valence-electron chi connectivity index (χ0n) is 8.28. The van der Waals surface area contributed by atoms with E-state index in [1.54, 1.807) is 13.0 Å². The molecule has 82 valence electrons. The van der Waals surface area contributed by atoms with E-state index in [1.807, 2.05) is 6.07 Å². The van der Waals surface area contributed by atoms with Crippen LogP contribution >= 0.6 is 15.9 Å². The van der Waals surface area contributed by atoms with Gasteiger partial charge in [0.05, 0.1) is 5.39 Å². The fourth-order valence-electron chi connectivity index (χ4n) is 1.54. The molecule has 2 aromatic rings. The van der Waals surface area contributed by atoms with E-state index in [2.05, 4.69) is 20.3 Å². The molecule has 1 aromatic carbocycles. The predicted molar refractivity (Wildman–Crippen MR) is 61.9 cm³/mol. The van der Waals surface area contributed by atoms with Gasteiger partial charge in [0.15, 0.2) is 0 Å². The predicted octanol–water partition coefficient (Wildman–Crippen LogP) is 2.56. The molecule has 1 aromatic heterocycles. The van der Waals surface area contributed by atoms with Crippen LogP contribution in [0.5, 0.6) is 0 Å². The highest BCUT2D eigenvalue weighted by Gasteiger charge is 2.12. The Labute approximate surface area is 98.6 Å². The van der Waals surface area contributed by atoms with Gasteiger partial charge in [0, 0.05) is 4.47 Å². The van der Waals surface area contributed by atoms with E-state index in [-0.39, 0.29) is 5.76 Å². The Kier molecular flexibility index (Phi) is 2.55. The van der Waals surface area contributed by atoms with Crippen molar-refractivity contribution in [1.29, 1.82) is 0 Å². The van der Waals surface area contributed by atoms with Crippen LogP contribution in [0.3, 0.4) is 0 Å². The number of aromatic carboxylic acids is 1. The fraction of sp³-hybridized carbons (Fsp3) is 0.0909. The number of rotatable bonds is 1. The van der Waals surface area contributed by atoms with Crippen LogP contribution in [0.2, 0.25) is 0 Å². The van der Waals surface area contributed by atoms with Gasteiger partial charge in [0.1, 0.15) is 0 Å². The Morgan fingerprint density at radius 1 is 1.31 bits per heavy atom. The molecule has 16 heavy (non-hydrogen) atoms. The molecule has 1 heterocycles. The van der Waals surface area contributed by atoms with Crippen molar-refractivity contribution in [2.24, 2.45) is 0 Å². The summed E-state index contributed by atoms with van der Waals surface area (Å²) in [5.41, 5.74) is 0.180. The summed E-state index contributed by atoms with van der Waals surface area (Å²) in [6.45, 7) is 1.80. The van der Waals surface area contributed by atoms with Crippen LogP contribution in [-0.2, 0) is 0 Å². The topological polar surface area (TPSA) is 67.5 Å². The highest BCUT2D eigenvalue weighted by molar-refractivity contribution is 9.10. The molecule has 0 spiro atoms. The van der Waals surface area contributed by atoms with E-state index in [0.717, 1.165) is 10.0 Å². The molecular formula is C11H7BrO4. The monoisotopic (exact) mass is 282 g/mol. The lowest BCUT2D eigenvalue weighted by Crippen LogP contribution is -2.06. The summed E-state index contributed by atoms with van der Waals surface area (Å²) in [5.74, 6) is -1.59. The van der Waals surface area contributed by atoms with Gasteiger partial charge in [-0.25, -0.2) is 9.59 Å². The van der Waals surface area contributed by atoms with Crippen molar-refractivity contribution < 1.29 is 14.3 Å². The zero-order valence-corrected chi connectivity index (χ0v) is 9.87. The summed E-state index contributed by atoms with van der Waals surface area (Å²) in [7, 11) is 0. The first-order chi connectivity index (χ1) is 7.49. The van der Waals surface area contributed by atoms with Crippen molar-refractivity contribution in [2.75, 3.05) is 0 Å². The molecule has 0 aliphatic rings. The molecule has 0 aliphatic carbocycles. The molecule has 4 nitrogen and oxygen atoms in total. The van der Waals surface area contributed by atoms with Crippen molar-refractivity contribution in [3.8, 4) is 0 Å². The number of hydrogen-bond donors (Lipinski definition) is 1. The molecular weight excluding hydrogens is 276 g/mol. The maximum atomic E-state index is 11.6. The van der Waals surface area contributed by atoms with E-state index in [4.69, 9.17) is 5.11 Å². The first-order valence-electron chi connectivity index (χ1n) is 4.46. The third-order valence-corrected chi connectivity index (χ3v) is 2.72. The molecule has 0 amide bonds. The molecule has 1 N–H and O–H groups in total. The van der Waals surface area contributed by atoms with Gasteiger partial charge in [0.25, 0.3) is 0 Å². The van der Waals surface area contributed by atoms with Crippen molar-refractivity contribution in [3.05, 3.63) is 44.4 Å². The Hall–Kier alpha value is -1.62. The van der Waals surface area contributed by atoms with E-state index < -0.39 is 11.6 Å². The number of benzene rings is 1. The van der Waals surface area contributed by atoms with E-state index >= 15 is 0 Å². The second-order valence-electron chi connectivity index (χ2n) is 3.39. The molecule has 0 unspecified atom stereocenters. The van der Waals surface area contributed by atoms with E-state index in [9.17, 15) is 9.59 Å². The van der Waals surface area contributed by atoms with Crippen LogP contribution in [0, 0.1) is 6.92 Å². The van der Waals surface area contributed by atoms with Crippen LogP contribution in [0.25, 0.3) is 10.8 Å². The molecule has 0 aliphatic heterocycles. The molecule has 5 heteroatoms. The summed E-state index contributed by atoms with van der Waals surface area (Å²) in [4.78, 5) is 22.3. The van der Waals surface area contributed by atoms with Crippen LogP contribution in [0.1, 0.15) is 16.1 Å². The molecule has 2 rings (SSSR count). The smallest absolute Gasteiger partial charge is 0.371 e. The number of carboxylic acids is 1. The Bertz CT molecular complexity index is 642. The number of aryl methyl sites for hydroxylation is 1. The normalized spacial score (nSPS) is 10.6. The molecule has 0 atom stereocenters. The number of hydrogen-bond acceptors (Lipinski definition) is 3. The number of fused-ring (bicyclic) bond motifs is 1. The van der Waals surface area contributed by atoms with E-state index in [0.29, 0.717) is 10.8 Å². The number of carboxylic acid groups (broad SMARTS) is 1. The molecule has 0 radical (unpaired) electrons. The third-order valence-electron chi connectivity index (χ3n) is 2.26. The Balaban J connectivity index is 2.93. The van der Waals surface area contributed by atoms with Gasteiger partial charge in [0.2, 0.25) is 5.76 Å². The standard InChI is InChI=1S/C11H7BrO4/c1-5-2-6(12)3-8-7(5)4-9(10(13)14)16-11(8)15/h2-4H,1H3,(H,13,14). The average molecular weight is 283 g/mol. The molecule has 0 saturated heterocycles. The van der Waals surface area contributed by atoms with Crippen molar-refractivity contribution in [2.45, 2.75) is 6.92 Å². The van der Waals surface area contributed by atoms with Crippen molar-refractivity contribution >= 4 is 32.7 Å². The lowest BCUT2D eigenvalue weighted by Gasteiger charge is -2.02. The minimum Gasteiger partial charge on any atom is -0.475 e. The van der Waals surface area contributed by atoms with Gasteiger partial charge in [-0.2, -0.15) is 0 Å². The molecule has 0 saturated carbocycles. The highest BCUT2D eigenvalue weighted by atomic mass is 79.9. The fourth-order valence-corrected chi connectivity index (χ4v) is 2.11. The summed E-state index contributed by atoms with van der Waals surface area (Å²) in [6.07, 6.45) is 0. The van der Waals surface area contributed by atoms with E-state index in [1.165, 1.54) is 6.07 Å². The Morgan fingerprint density at radius 3 is 2.62 bits per heavy atom. The van der Waals surface area contributed by atoms with Gasteiger partial charge in [-0.05, 0) is 36.1 Å². The van der Waals surface area contributed by atoms with Crippen LogP contribution in [0.15, 0.2) is 31.9 Å². The van der Waals surface area contributed by atoms with Crippen molar-refractivity contribution in [1.82, 2.24) is 0 Å². The molecule has 0 fully saturated rings. The quantitative estimate of drug-likeness (QED) is 0.873.